The van der Waals surface area contributed by atoms with Crippen LogP contribution in [0, 0.1) is 6.92 Å². The molecule has 1 amide bonds. The van der Waals surface area contributed by atoms with Crippen molar-refractivity contribution in [3.05, 3.63) is 12.2 Å². The van der Waals surface area contributed by atoms with Crippen molar-refractivity contribution in [3.8, 4) is 0 Å². The minimum Gasteiger partial charge on any atom is -0.446 e. The normalized spacial score (nSPS) is 20.9. The Bertz CT molecular complexity index is 401. The molecule has 1 aliphatic rings. The molecule has 0 bridgehead atoms. The number of anilines is 1. The monoisotopic (exact) mass is 251 g/mol. The molecule has 1 fully saturated rings. The van der Waals surface area contributed by atoms with Gasteiger partial charge in [-0.15, -0.1) is 0 Å². The van der Waals surface area contributed by atoms with Crippen LogP contribution in [0.4, 0.5) is 5.82 Å². The molecule has 1 atom stereocenters. The molecule has 5 nitrogen and oxygen atoms in total. The lowest BCUT2D eigenvalue weighted by molar-refractivity contribution is -0.122. The fourth-order valence-corrected chi connectivity index (χ4v) is 2.47. The summed E-state index contributed by atoms with van der Waals surface area (Å²) >= 11 is 0. The van der Waals surface area contributed by atoms with Crippen molar-refractivity contribution in [2.45, 2.75) is 45.6 Å². The first-order valence-corrected chi connectivity index (χ1v) is 6.67. The standard InChI is InChI=1S/C13H21N3O2/c1-3-7-16-8-5-4-6-11(16)13(17)15-12-10(2)18-9-14-12/h9,11H,3-8H2,1-2H3,(H,15,17)/t11-/m0/s1. The van der Waals surface area contributed by atoms with Crippen molar-refractivity contribution in [3.63, 3.8) is 0 Å². The average molecular weight is 251 g/mol. The number of hydrogen-bond acceptors (Lipinski definition) is 4. The van der Waals surface area contributed by atoms with Crippen molar-refractivity contribution in [2.75, 3.05) is 18.4 Å². The molecule has 1 aromatic rings. The maximum Gasteiger partial charge on any atom is 0.242 e. The Kier molecular flexibility index (Phi) is 4.36. The second-order valence-corrected chi connectivity index (χ2v) is 4.79. The number of nitrogens with one attached hydrogen (secondary N) is 1. The molecule has 2 rings (SSSR count). The lowest BCUT2D eigenvalue weighted by Gasteiger charge is -2.34. The number of carbonyl (C=O) groups excluding carboxylic acids is 1. The van der Waals surface area contributed by atoms with Gasteiger partial charge in [-0.2, -0.15) is 4.98 Å². The molecule has 18 heavy (non-hydrogen) atoms. The van der Waals surface area contributed by atoms with E-state index in [1.807, 2.05) is 0 Å². The predicted octanol–water partition coefficient (Wildman–Crippen LogP) is 2.19. The Morgan fingerprint density at radius 3 is 3.11 bits per heavy atom. The topological polar surface area (TPSA) is 58.4 Å². The summed E-state index contributed by atoms with van der Waals surface area (Å²) in [6.07, 6.45) is 5.67. The zero-order valence-electron chi connectivity index (χ0n) is 11.1. The molecule has 0 aliphatic carbocycles. The third-order valence-corrected chi connectivity index (χ3v) is 3.41. The summed E-state index contributed by atoms with van der Waals surface area (Å²) < 4.78 is 5.09. The number of oxazole rings is 1. The van der Waals surface area contributed by atoms with Gasteiger partial charge in [0, 0.05) is 0 Å². The van der Waals surface area contributed by atoms with Gasteiger partial charge < -0.3 is 9.73 Å². The SMILES string of the molecule is CCCN1CCCC[C@H]1C(=O)Nc1ncoc1C. The van der Waals surface area contributed by atoms with Gasteiger partial charge in [0.2, 0.25) is 5.91 Å². The van der Waals surface area contributed by atoms with Crippen molar-refractivity contribution in [1.29, 1.82) is 0 Å². The first-order valence-electron chi connectivity index (χ1n) is 6.67. The number of hydrogen-bond donors (Lipinski definition) is 1. The number of rotatable bonds is 4. The second-order valence-electron chi connectivity index (χ2n) is 4.79. The number of likely N-dealkylation sites (tertiary alicyclic amines) is 1. The first-order chi connectivity index (χ1) is 8.72. The molecule has 0 spiro atoms. The fraction of sp³-hybridized carbons (Fsp3) is 0.692. The maximum absolute atomic E-state index is 12.3. The molecule has 0 saturated carbocycles. The quantitative estimate of drug-likeness (QED) is 0.891. The zero-order valence-corrected chi connectivity index (χ0v) is 11.1. The maximum atomic E-state index is 12.3. The molecule has 1 N–H and O–H groups in total. The summed E-state index contributed by atoms with van der Waals surface area (Å²) in [6.45, 7) is 5.94. The molecule has 1 saturated heterocycles. The van der Waals surface area contributed by atoms with E-state index in [1.165, 1.54) is 12.8 Å². The largest absolute Gasteiger partial charge is 0.446 e. The van der Waals surface area contributed by atoms with Crippen molar-refractivity contribution >= 4 is 11.7 Å². The molecular formula is C13H21N3O2. The summed E-state index contributed by atoms with van der Waals surface area (Å²) in [6, 6.07) is -0.0187. The molecule has 0 radical (unpaired) electrons. The minimum atomic E-state index is -0.0187. The van der Waals surface area contributed by atoms with Gasteiger partial charge in [-0.25, -0.2) is 0 Å². The number of carbonyl (C=O) groups is 1. The van der Waals surface area contributed by atoms with Crippen LogP contribution in [0.1, 0.15) is 38.4 Å². The first kappa shape index (κ1) is 13.1. The third kappa shape index (κ3) is 2.90. The molecule has 100 valence electrons. The molecule has 0 unspecified atom stereocenters. The second kappa shape index (κ2) is 6.00. The number of piperidine rings is 1. The highest BCUT2D eigenvalue weighted by atomic mass is 16.3. The summed E-state index contributed by atoms with van der Waals surface area (Å²) in [7, 11) is 0. The molecule has 1 aromatic heterocycles. The number of amides is 1. The molecule has 0 aromatic carbocycles. The van der Waals surface area contributed by atoms with E-state index in [1.54, 1.807) is 6.92 Å². The summed E-state index contributed by atoms with van der Waals surface area (Å²) in [5.74, 6) is 1.24. The Balaban J connectivity index is 2.00. The molecular weight excluding hydrogens is 230 g/mol. The highest BCUT2D eigenvalue weighted by Crippen LogP contribution is 2.19. The number of nitrogens with zero attached hydrogens (tertiary/aromatic N) is 2. The fourth-order valence-electron chi connectivity index (χ4n) is 2.47. The van der Waals surface area contributed by atoms with Gasteiger partial charge in [0.25, 0.3) is 0 Å². The van der Waals surface area contributed by atoms with Crippen LogP contribution in [0.25, 0.3) is 0 Å². The van der Waals surface area contributed by atoms with Crippen LogP contribution < -0.4 is 5.32 Å². The Morgan fingerprint density at radius 2 is 2.44 bits per heavy atom. The van der Waals surface area contributed by atoms with E-state index in [0.717, 1.165) is 32.4 Å². The molecule has 5 heteroatoms. The third-order valence-electron chi connectivity index (χ3n) is 3.41. The Labute approximate surface area is 108 Å². The highest BCUT2D eigenvalue weighted by molar-refractivity contribution is 5.94. The van der Waals surface area contributed by atoms with Gasteiger partial charge in [0.1, 0.15) is 5.76 Å². The number of aryl methyl sites for hydroxylation is 1. The van der Waals surface area contributed by atoms with E-state index < -0.39 is 0 Å². The van der Waals surface area contributed by atoms with Crippen molar-refractivity contribution < 1.29 is 9.21 Å². The Hall–Kier alpha value is -1.36. The van der Waals surface area contributed by atoms with E-state index in [-0.39, 0.29) is 11.9 Å². The summed E-state index contributed by atoms with van der Waals surface area (Å²) in [5.41, 5.74) is 0. The van der Waals surface area contributed by atoms with E-state index in [0.29, 0.717) is 11.6 Å². The van der Waals surface area contributed by atoms with Gasteiger partial charge >= 0.3 is 0 Å². The van der Waals surface area contributed by atoms with Crippen molar-refractivity contribution in [2.24, 2.45) is 0 Å². The smallest absolute Gasteiger partial charge is 0.242 e. The van der Waals surface area contributed by atoms with Crippen LogP contribution in [0.3, 0.4) is 0 Å². The Morgan fingerprint density at radius 1 is 1.61 bits per heavy atom. The van der Waals surface area contributed by atoms with Gasteiger partial charge in [-0.1, -0.05) is 13.3 Å². The van der Waals surface area contributed by atoms with Gasteiger partial charge in [0.15, 0.2) is 12.2 Å². The molecule has 1 aliphatic heterocycles. The van der Waals surface area contributed by atoms with Crippen molar-refractivity contribution in [1.82, 2.24) is 9.88 Å². The molecule has 2 heterocycles. The van der Waals surface area contributed by atoms with E-state index in [9.17, 15) is 4.79 Å². The van der Waals surface area contributed by atoms with E-state index in [4.69, 9.17) is 4.42 Å². The van der Waals surface area contributed by atoms with Crippen LogP contribution in [0.2, 0.25) is 0 Å². The van der Waals surface area contributed by atoms with Crippen LogP contribution in [0.5, 0.6) is 0 Å². The highest BCUT2D eigenvalue weighted by Gasteiger charge is 2.28. The predicted molar refractivity (Wildman–Crippen MR) is 69.4 cm³/mol. The van der Waals surface area contributed by atoms with Gasteiger partial charge in [-0.3, -0.25) is 9.69 Å². The van der Waals surface area contributed by atoms with Gasteiger partial charge in [-0.05, 0) is 39.3 Å². The van der Waals surface area contributed by atoms with Crippen LogP contribution in [-0.4, -0.2) is 34.9 Å². The van der Waals surface area contributed by atoms with Gasteiger partial charge in [0.05, 0.1) is 6.04 Å². The van der Waals surface area contributed by atoms with Crippen LogP contribution in [0.15, 0.2) is 10.8 Å². The summed E-state index contributed by atoms with van der Waals surface area (Å²) in [4.78, 5) is 18.5. The lowest BCUT2D eigenvalue weighted by Crippen LogP contribution is -2.47. The van der Waals surface area contributed by atoms with E-state index >= 15 is 0 Å². The van der Waals surface area contributed by atoms with Crippen LogP contribution in [-0.2, 0) is 4.79 Å². The minimum absolute atomic E-state index is 0.0187. The average Bonchev–Trinajstić information content (AvgIpc) is 2.76. The lowest BCUT2D eigenvalue weighted by atomic mass is 10.0. The number of aromatic nitrogens is 1. The zero-order chi connectivity index (χ0) is 13.0. The van der Waals surface area contributed by atoms with E-state index in [2.05, 4.69) is 22.1 Å². The summed E-state index contributed by atoms with van der Waals surface area (Å²) in [5, 5.41) is 2.86. The van der Waals surface area contributed by atoms with Crippen LogP contribution >= 0.6 is 0 Å².